The van der Waals surface area contributed by atoms with E-state index >= 15 is 0 Å². The molecule has 136 valence electrons. The highest BCUT2D eigenvalue weighted by Gasteiger charge is 2.36. The van der Waals surface area contributed by atoms with E-state index in [4.69, 9.17) is 0 Å². The molecule has 1 amide bonds. The van der Waals surface area contributed by atoms with Crippen molar-refractivity contribution in [3.8, 4) is 0 Å². The lowest BCUT2D eigenvalue weighted by Gasteiger charge is -2.39. The second-order valence-corrected chi connectivity index (χ2v) is 7.05. The summed E-state index contributed by atoms with van der Waals surface area (Å²) in [6.45, 7) is 0.736. The van der Waals surface area contributed by atoms with Crippen molar-refractivity contribution < 1.29 is 4.79 Å². The van der Waals surface area contributed by atoms with E-state index in [1.807, 2.05) is 47.7 Å². The zero-order valence-corrected chi connectivity index (χ0v) is 15.4. The Balaban J connectivity index is 1.54. The Kier molecular flexibility index (Phi) is 4.24. The molecule has 3 aromatic rings. The van der Waals surface area contributed by atoms with E-state index in [1.165, 1.54) is 5.56 Å². The van der Waals surface area contributed by atoms with Crippen molar-refractivity contribution in [3.63, 3.8) is 0 Å². The van der Waals surface area contributed by atoms with E-state index in [9.17, 15) is 4.79 Å². The van der Waals surface area contributed by atoms with E-state index in [1.54, 1.807) is 6.20 Å². The number of likely N-dealkylation sites (N-methyl/N-ethyl adjacent to an activating group) is 1. The van der Waals surface area contributed by atoms with Gasteiger partial charge in [-0.1, -0.05) is 6.07 Å². The number of piperidine rings is 1. The Morgan fingerprint density at radius 2 is 2.04 bits per heavy atom. The van der Waals surface area contributed by atoms with Crippen LogP contribution >= 0.6 is 0 Å². The standard InChI is InChI=1S/C19H24N6O/c1-23-9-8-20-19(23)18-14(5-7-17(26)25(18)3)21-11-13-4-6-16-15(10-13)22-12-24(16)2/h4,6,8-10,12,14,18,21H,5,7,11H2,1-3H3/t14-,18-/m1/s1. The minimum absolute atomic E-state index is 0.0603. The quantitative estimate of drug-likeness (QED) is 0.777. The highest BCUT2D eigenvalue weighted by Crippen LogP contribution is 2.30. The van der Waals surface area contributed by atoms with Crippen LogP contribution in [-0.4, -0.2) is 43.0 Å². The van der Waals surface area contributed by atoms with Crippen LogP contribution in [0.15, 0.2) is 36.9 Å². The maximum absolute atomic E-state index is 12.2. The number of carbonyl (C=O) groups excluding carboxylic acids is 1. The zero-order chi connectivity index (χ0) is 18.3. The molecule has 1 fully saturated rings. The summed E-state index contributed by atoms with van der Waals surface area (Å²) >= 11 is 0. The van der Waals surface area contributed by atoms with Crippen LogP contribution in [0.2, 0.25) is 0 Å². The van der Waals surface area contributed by atoms with Crippen LogP contribution in [0.25, 0.3) is 11.0 Å². The molecule has 1 aromatic carbocycles. The van der Waals surface area contributed by atoms with Gasteiger partial charge in [-0.05, 0) is 24.1 Å². The summed E-state index contributed by atoms with van der Waals surface area (Å²) in [7, 11) is 5.84. The fourth-order valence-electron chi connectivity index (χ4n) is 3.81. The number of imidazole rings is 2. The molecule has 0 unspecified atom stereocenters. The van der Waals surface area contributed by atoms with Crippen LogP contribution < -0.4 is 5.32 Å². The van der Waals surface area contributed by atoms with E-state index in [0.29, 0.717) is 6.42 Å². The van der Waals surface area contributed by atoms with Crippen LogP contribution in [0.5, 0.6) is 0 Å². The van der Waals surface area contributed by atoms with E-state index in [-0.39, 0.29) is 18.0 Å². The predicted octanol–water partition coefficient (Wildman–Crippen LogP) is 1.76. The highest BCUT2D eigenvalue weighted by atomic mass is 16.2. The molecule has 0 bridgehead atoms. The molecule has 0 spiro atoms. The molecule has 1 N–H and O–H groups in total. The second-order valence-electron chi connectivity index (χ2n) is 7.05. The minimum Gasteiger partial charge on any atom is -0.336 e. The Morgan fingerprint density at radius 3 is 2.81 bits per heavy atom. The number of aromatic nitrogens is 4. The largest absolute Gasteiger partial charge is 0.336 e. The van der Waals surface area contributed by atoms with Gasteiger partial charge in [0.05, 0.1) is 17.4 Å². The van der Waals surface area contributed by atoms with Gasteiger partial charge in [0.25, 0.3) is 0 Å². The maximum Gasteiger partial charge on any atom is 0.223 e. The molecular formula is C19H24N6O. The van der Waals surface area contributed by atoms with Crippen molar-refractivity contribution in [3.05, 3.63) is 48.3 Å². The summed E-state index contributed by atoms with van der Waals surface area (Å²) in [6, 6.07) is 6.46. The number of amides is 1. The monoisotopic (exact) mass is 352 g/mol. The lowest BCUT2D eigenvalue weighted by Crippen LogP contribution is -2.49. The Labute approximate surface area is 152 Å². The number of carbonyl (C=O) groups is 1. The molecule has 1 aliphatic heterocycles. The lowest BCUT2D eigenvalue weighted by molar-refractivity contribution is -0.136. The molecule has 7 nitrogen and oxygen atoms in total. The van der Waals surface area contributed by atoms with Gasteiger partial charge in [0.2, 0.25) is 5.91 Å². The summed E-state index contributed by atoms with van der Waals surface area (Å²) in [5.41, 5.74) is 3.32. The number of fused-ring (bicyclic) bond motifs is 1. The normalized spacial score (nSPS) is 20.9. The smallest absolute Gasteiger partial charge is 0.223 e. The number of aryl methyl sites for hydroxylation is 2. The first-order chi connectivity index (χ1) is 12.5. The van der Waals surface area contributed by atoms with Gasteiger partial charge >= 0.3 is 0 Å². The van der Waals surface area contributed by atoms with Gasteiger partial charge in [0.15, 0.2) is 0 Å². The van der Waals surface area contributed by atoms with Gasteiger partial charge in [-0.25, -0.2) is 9.97 Å². The summed E-state index contributed by atoms with van der Waals surface area (Å²) in [6.07, 6.45) is 6.92. The molecule has 3 heterocycles. The molecule has 26 heavy (non-hydrogen) atoms. The number of hydrogen-bond donors (Lipinski definition) is 1. The first-order valence-electron chi connectivity index (χ1n) is 8.91. The van der Waals surface area contributed by atoms with Crippen LogP contribution in [0, 0.1) is 0 Å². The van der Waals surface area contributed by atoms with Gasteiger partial charge in [0.1, 0.15) is 11.9 Å². The summed E-state index contributed by atoms with van der Waals surface area (Å²) in [5, 5.41) is 3.64. The summed E-state index contributed by atoms with van der Waals surface area (Å²) in [4.78, 5) is 23.0. The molecule has 2 atom stereocenters. The molecule has 0 aliphatic carbocycles. The molecule has 4 rings (SSSR count). The second kappa shape index (κ2) is 6.57. The summed E-state index contributed by atoms with van der Waals surface area (Å²) < 4.78 is 4.01. The highest BCUT2D eigenvalue weighted by molar-refractivity contribution is 5.77. The van der Waals surface area contributed by atoms with Gasteiger partial charge in [-0.3, -0.25) is 4.79 Å². The third-order valence-corrected chi connectivity index (χ3v) is 5.34. The van der Waals surface area contributed by atoms with E-state index in [2.05, 4.69) is 33.5 Å². The number of likely N-dealkylation sites (tertiary alicyclic amines) is 1. The molecule has 2 aromatic heterocycles. The first-order valence-corrected chi connectivity index (χ1v) is 8.91. The number of rotatable bonds is 4. The average Bonchev–Trinajstić information content (AvgIpc) is 3.22. The van der Waals surface area contributed by atoms with Crippen molar-refractivity contribution in [2.75, 3.05) is 7.05 Å². The third-order valence-electron chi connectivity index (χ3n) is 5.34. The van der Waals surface area contributed by atoms with Crippen LogP contribution in [0.4, 0.5) is 0 Å². The average molecular weight is 352 g/mol. The molecule has 0 radical (unpaired) electrons. The Hall–Kier alpha value is -2.67. The van der Waals surface area contributed by atoms with Gasteiger partial charge in [0, 0.05) is 52.5 Å². The third kappa shape index (κ3) is 2.88. The van der Waals surface area contributed by atoms with E-state index < -0.39 is 0 Å². The molecular weight excluding hydrogens is 328 g/mol. The summed E-state index contributed by atoms with van der Waals surface area (Å²) in [5.74, 6) is 1.09. The van der Waals surface area contributed by atoms with Gasteiger partial charge in [-0.15, -0.1) is 0 Å². The molecule has 0 saturated carbocycles. The Morgan fingerprint density at radius 1 is 1.19 bits per heavy atom. The predicted molar refractivity (Wildman–Crippen MR) is 99.3 cm³/mol. The van der Waals surface area contributed by atoms with E-state index in [0.717, 1.165) is 29.8 Å². The van der Waals surface area contributed by atoms with Gasteiger partial charge in [-0.2, -0.15) is 0 Å². The molecule has 7 heteroatoms. The maximum atomic E-state index is 12.2. The van der Waals surface area contributed by atoms with Crippen LogP contribution in [0.1, 0.15) is 30.3 Å². The lowest BCUT2D eigenvalue weighted by atomic mass is 9.95. The van der Waals surface area contributed by atoms with Gasteiger partial charge < -0.3 is 19.4 Å². The van der Waals surface area contributed by atoms with Crippen LogP contribution in [-0.2, 0) is 25.4 Å². The van der Waals surface area contributed by atoms with Crippen molar-refractivity contribution >= 4 is 16.9 Å². The molecule has 1 aliphatic rings. The topological polar surface area (TPSA) is 68.0 Å². The van der Waals surface area contributed by atoms with Crippen molar-refractivity contribution in [2.24, 2.45) is 14.1 Å². The fourth-order valence-corrected chi connectivity index (χ4v) is 3.81. The first kappa shape index (κ1) is 16.8. The van der Waals surface area contributed by atoms with Crippen LogP contribution in [0.3, 0.4) is 0 Å². The number of hydrogen-bond acceptors (Lipinski definition) is 4. The molecule has 1 saturated heterocycles. The van der Waals surface area contributed by atoms with Crippen molar-refractivity contribution in [2.45, 2.75) is 31.5 Å². The fraction of sp³-hybridized carbons (Fsp3) is 0.421. The number of nitrogens with one attached hydrogen (secondary N) is 1. The minimum atomic E-state index is -0.0603. The zero-order valence-electron chi connectivity index (χ0n) is 15.4. The SMILES string of the molecule is CN1C(=O)CC[C@@H](NCc2ccc3c(c2)ncn3C)[C@@H]1c1nccn1C. The van der Waals surface area contributed by atoms with Crippen molar-refractivity contribution in [1.29, 1.82) is 0 Å². The van der Waals surface area contributed by atoms with Crippen molar-refractivity contribution in [1.82, 2.24) is 29.3 Å². The number of nitrogens with zero attached hydrogens (tertiary/aromatic N) is 5. The Bertz CT molecular complexity index is 943. The number of benzene rings is 1.